The molecule has 0 radical (unpaired) electrons. The average Bonchev–Trinajstić information content (AvgIpc) is 2.32. The molecule has 1 aliphatic rings. The van der Waals surface area contributed by atoms with Gasteiger partial charge >= 0.3 is 0 Å². The summed E-state index contributed by atoms with van der Waals surface area (Å²) < 4.78 is 1.85. The third-order valence-electron chi connectivity index (χ3n) is 2.01. The van der Waals surface area contributed by atoms with Gasteiger partial charge in [0.15, 0.2) is 5.82 Å². The van der Waals surface area contributed by atoms with E-state index in [4.69, 9.17) is 0 Å². The Hall–Kier alpha value is -0.970. The van der Waals surface area contributed by atoms with Gasteiger partial charge in [-0.3, -0.25) is 0 Å². The molecule has 1 N–H and O–H groups in total. The van der Waals surface area contributed by atoms with E-state index in [9.17, 15) is 0 Å². The molecule has 1 aromatic rings. The molecule has 5 heteroatoms. The third kappa shape index (κ3) is 1.01. The Morgan fingerprint density at radius 2 is 2.45 bits per heavy atom. The maximum absolute atomic E-state index is 3.97. The van der Waals surface area contributed by atoms with Gasteiger partial charge in [0.2, 0.25) is 0 Å². The summed E-state index contributed by atoms with van der Waals surface area (Å²) in [6, 6.07) is 0. The van der Waals surface area contributed by atoms with Crippen LogP contribution in [0, 0.1) is 0 Å². The molecule has 1 aliphatic heterocycles. The minimum Gasteiger partial charge on any atom is -0.315 e. The fourth-order valence-corrected chi connectivity index (χ4v) is 1.20. The van der Waals surface area contributed by atoms with Crippen molar-refractivity contribution >= 4 is 0 Å². The second-order valence-electron chi connectivity index (χ2n) is 2.71. The standard InChI is InChI=1S/C6H11N5/c1-2-11-6(8-9-10-11)5-3-7-4-5/h5,7H,2-4H2,1H3. The van der Waals surface area contributed by atoms with E-state index in [1.165, 1.54) is 0 Å². The first-order chi connectivity index (χ1) is 5.42. The number of tetrazole rings is 1. The van der Waals surface area contributed by atoms with Crippen LogP contribution in [0.5, 0.6) is 0 Å². The molecule has 11 heavy (non-hydrogen) atoms. The summed E-state index contributed by atoms with van der Waals surface area (Å²) in [6.07, 6.45) is 0. The van der Waals surface area contributed by atoms with E-state index >= 15 is 0 Å². The number of aromatic nitrogens is 4. The zero-order valence-electron chi connectivity index (χ0n) is 6.49. The summed E-state index contributed by atoms with van der Waals surface area (Å²) >= 11 is 0. The second kappa shape index (κ2) is 2.58. The zero-order valence-corrected chi connectivity index (χ0v) is 6.49. The molecule has 60 valence electrons. The summed E-state index contributed by atoms with van der Waals surface area (Å²) in [4.78, 5) is 0. The van der Waals surface area contributed by atoms with Gasteiger partial charge in [0.05, 0.1) is 0 Å². The Morgan fingerprint density at radius 3 is 3.00 bits per heavy atom. The summed E-state index contributed by atoms with van der Waals surface area (Å²) in [7, 11) is 0. The van der Waals surface area contributed by atoms with Crippen LogP contribution in [0.3, 0.4) is 0 Å². The number of aryl methyl sites for hydroxylation is 1. The topological polar surface area (TPSA) is 55.6 Å². The van der Waals surface area contributed by atoms with Crippen LogP contribution in [0.1, 0.15) is 18.7 Å². The lowest BCUT2D eigenvalue weighted by molar-refractivity contribution is 0.408. The lowest BCUT2D eigenvalue weighted by Gasteiger charge is -2.25. The highest BCUT2D eigenvalue weighted by molar-refractivity contribution is 5.01. The largest absolute Gasteiger partial charge is 0.315 e. The number of rotatable bonds is 2. The molecular weight excluding hydrogens is 142 g/mol. The van der Waals surface area contributed by atoms with Crippen LogP contribution in [-0.2, 0) is 6.54 Å². The lowest BCUT2D eigenvalue weighted by Crippen LogP contribution is -2.41. The Balaban J connectivity index is 2.20. The fourth-order valence-electron chi connectivity index (χ4n) is 1.20. The van der Waals surface area contributed by atoms with Crippen LogP contribution in [0.25, 0.3) is 0 Å². The van der Waals surface area contributed by atoms with Crippen LogP contribution in [0.15, 0.2) is 0 Å². The molecule has 0 saturated carbocycles. The van der Waals surface area contributed by atoms with Gasteiger partial charge in [-0.15, -0.1) is 5.10 Å². The van der Waals surface area contributed by atoms with Gasteiger partial charge in [-0.05, 0) is 17.4 Å². The maximum atomic E-state index is 3.97. The van der Waals surface area contributed by atoms with Crippen molar-refractivity contribution in [3.8, 4) is 0 Å². The molecule has 5 nitrogen and oxygen atoms in total. The van der Waals surface area contributed by atoms with E-state index in [1.54, 1.807) is 0 Å². The average molecular weight is 153 g/mol. The van der Waals surface area contributed by atoms with E-state index in [0.29, 0.717) is 5.92 Å². The molecule has 1 fully saturated rings. The summed E-state index contributed by atoms with van der Waals surface area (Å²) in [5.74, 6) is 1.55. The Labute approximate surface area is 64.8 Å². The monoisotopic (exact) mass is 153 g/mol. The highest BCUT2D eigenvalue weighted by atomic mass is 15.5. The van der Waals surface area contributed by atoms with Gasteiger partial charge in [-0.25, -0.2) is 4.68 Å². The minimum atomic E-state index is 0.532. The Morgan fingerprint density at radius 1 is 1.64 bits per heavy atom. The van der Waals surface area contributed by atoms with Crippen molar-refractivity contribution in [2.45, 2.75) is 19.4 Å². The van der Waals surface area contributed by atoms with Gasteiger partial charge in [-0.2, -0.15) is 0 Å². The van der Waals surface area contributed by atoms with Crippen molar-refractivity contribution in [2.75, 3.05) is 13.1 Å². The molecule has 1 saturated heterocycles. The Bertz CT molecular complexity index is 239. The lowest BCUT2D eigenvalue weighted by atomic mass is 10.0. The van der Waals surface area contributed by atoms with Gasteiger partial charge < -0.3 is 5.32 Å². The normalized spacial score (nSPS) is 18.3. The van der Waals surface area contributed by atoms with Crippen LogP contribution in [0.2, 0.25) is 0 Å². The van der Waals surface area contributed by atoms with Crippen molar-refractivity contribution < 1.29 is 0 Å². The highest BCUT2D eigenvalue weighted by Gasteiger charge is 2.24. The first-order valence-corrected chi connectivity index (χ1v) is 3.88. The van der Waals surface area contributed by atoms with E-state index in [0.717, 1.165) is 25.5 Å². The van der Waals surface area contributed by atoms with E-state index in [-0.39, 0.29) is 0 Å². The molecular formula is C6H11N5. The van der Waals surface area contributed by atoms with Crippen molar-refractivity contribution in [3.05, 3.63) is 5.82 Å². The van der Waals surface area contributed by atoms with Gasteiger partial charge in [0, 0.05) is 25.6 Å². The molecule has 0 spiro atoms. The summed E-state index contributed by atoms with van der Waals surface area (Å²) in [5.41, 5.74) is 0. The Kier molecular flexibility index (Phi) is 1.58. The zero-order chi connectivity index (χ0) is 7.68. The molecule has 0 unspecified atom stereocenters. The van der Waals surface area contributed by atoms with E-state index in [2.05, 4.69) is 20.8 Å². The van der Waals surface area contributed by atoms with E-state index in [1.807, 2.05) is 11.6 Å². The van der Waals surface area contributed by atoms with Crippen molar-refractivity contribution in [1.29, 1.82) is 0 Å². The molecule has 0 aliphatic carbocycles. The summed E-state index contributed by atoms with van der Waals surface area (Å²) in [5, 5.41) is 14.7. The predicted molar refractivity (Wildman–Crippen MR) is 39.1 cm³/mol. The maximum Gasteiger partial charge on any atom is 0.156 e. The molecule has 0 bridgehead atoms. The number of hydrogen-bond acceptors (Lipinski definition) is 4. The van der Waals surface area contributed by atoms with Crippen LogP contribution < -0.4 is 5.32 Å². The highest BCUT2D eigenvalue weighted by Crippen LogP contribution is 2.15. The van der Waals surface area contributed by atoms with Gasteiger partial charge in [0.25, 0.3) is 0 Å². The predicted octanol–water partition coefficient (Wildman–Crippen LogP) is -0.620. The van der Waals surface area contributed by atoms with Crippen LogP contribution in [0.4, 0.5) is 0 Å². The van der Waals surface area contributed by atoms with Gasteiger partial charge in [0.1, 0.15) is 0 Å². The first-order valence-electron chi connectivity index (χ1n) is 3.88. The van der Waals surface area contributed by atoms with Crippen LogP contribution >= 0.6 is 0 Å². The van der Waals surface area contributed by atoms with Crippen molar-refractivity contribution in [1.82, 2.24) is 25.5 Å². The fraction of sp³-hybridized carbons (Fsp3) is 0.833. The SMILES string of the molecule is CCn1nnnc1C1CNC1. The number of nitrogens with one attached hydrogen (secondary N) is 1. The number of nitrogens with zero attached hydrogens (tertiary/aromatic N) is 4. The van der Waals surface area contributed by atoms with Crippen molar-refractivity contribution in [3.63, 3.8) is 0 Å². The molecule has 0 atom stereocenters. The third-order valence-corrected chi connectivity index (χ3v) is 2.01. The smallest absolute Gasteiger partial charge is 0.156 e. The quantitative estimate of drug-likeness (QED) is 0.615. The molecule has 0 amide bonds. The molecule has 2 rings (SSSR count). The summed E-state index contributed by atoms with van der Waals surface area (Å²) in [6.45, 7) is 4.94. The molecule has 1 aromatic heterocycles. The molecule has 0 aromatic carbocycles. The second-order valence-corrected chi connectivity index (χ2v) is 2.71. The van der Waals surface area contributed by atoms with E-state index < -0.39 is 0 Å². The minimum absolute atomic E-state index is 0.532. The van der Waals surface area contributed by atoms with Crippen molar-refractivity contribution in [2.24, 2.45) is 0 Å². The van der Waals surface area contributed by atoms with Crippen LogP contribution in [-0.4, -0.2) is 33.3 Å². The first kappa shape index (κ1) is 6.72. The number of hydrogen-bond donors (Lipinski definition) is 1. The molecule has 2 heterocycles. The van der Waals surface area contributed by atoms with Gasteiger partial charge in [-0.1, -0.05) is 0 Å².